The van der Waals surface area contributed by atoms with Gasteiger partial charge in [0.25, 0.3) is 0 Å². The molecule has 0 saturated heterocycles. The van der Waals surface area contributed by atoms with Crippen molar-refractivity contribution in [2.75, 3.05) is 0 Å². The number of nitriles is 1. The lowest BCUT2D eigenvalue weighted by Crippen LogP contribution is -2.30. The highest BCUT2D eigenvalue weighted by molar-refractivity contribution is 7.89. The Hall–Kier alpha value is -2.16. The Bertz CT molecular complexity index is 830. The summed E-state index contributed by atoms with van der Waals surface area (Å²) in [5, 5.41) is 8.81. The van der Waals surface area contributed by atoms with Gasteiger partial charge in [-0.3, -0.25) is 0 Å². The first kappa shape index (κ1) is 15.7. The zero-order chi connectivity index (χ0) is 16.4. The monoisotopic (exact) mass is 326 g/mol. The van der Waals surface area contributed by atoms with Gasteiger partial charge in [-0.15, -0.1) is 0 Å². The summed E-state index contributed by atoms with van der Waals surface area (Å²) < 4.78 is 28.1. The summed E-state index contributed by atoms with van der Waals surface area (Å²) in [7, 11) is -3.61. The van der Waals surface area contributed by atoms with Crippen LogP contribution in [0.1, 0.15) is 35.6 Å². The lowest BCUT2D eigenvalue weighted by Gasteiger charge is -2.19. The smallest absolute Gasteiger partial charge is 0.207 e. The number of nitrogens with zero attached hydrogens (tertiary/aromatic N) is 1. The molecule has 1 aliphatic rings. The molecule has 118 valence electrons. The molecule has 1 saturated carbocycles. The second kappa shape index (κ2) is 6.15. The third-order valence-corrected chi connectivity index (χ3v) is 5.56. The van der Waals surface area contributed by atoms with Gasteiger partial charge >= 0.3 is 0 Å². The van der Waals surface area contributed by atoms with E-state index in [9.17, 15) is 8.42 Å². The topological polar surface area (TPSA) is 70.0 Å². The van der Waals surface area contributed by atoms with Gasteiger partial charge in [-0.2, -0.15) is 5.26 Å². The molecule has 2 aromatic carbocycles. The number of hydrogen-bond acceptors (Lipinski definition) is 3. The van der Waals surface area contributed by atoms with Gasteiger partial charge in [-0.05, 0) is 55.5 Å². The van der Waals surface area contributed by atoms with Gasteiger partial charge in [0.05, 0.1) is 16.5 Å². The van der Waals surface area contributed by atoms with E-state index in [1.165, 1.54) is 24.3 Å². The molecule has 1 unspecified atom stereocenters. The van der Waals surface area contributed by atoms with E-state index in [0.717, 1.165) is 24.0 Å². The Balaban J connectivity index is 1.87. The molecule has 0 bridgehead atoms. The average Bonchev–Trinajstić information content (AvgIpc) is 3.38. The predicted octanol–water partition coefficient (Wildman–Crippen LogP) is 3.30. The minimum atomic E-state index is -3.61. The first-order valence-electron chi connectivity index (χ1n) is 7.59. The first-order valence-corrected chi connectivity index (χ1v) is 9.07. The van der Waals surface area contributed by atoms with Crippen LogP contribution in [0.2, 0.25) is 0 Å². The molecule has 23 heavy (non-hydrogen) atoms. The molecule has 5 heteroatoms. The summed E-state index contributed by atoms with van der Waals surface area (Å²) in [5.74, 6) is 0.353. The molecule has 1 N–H and O–H groups in total. The van der Waals surface area contributed by atoms with Gasteiger partial charge < -0.3 is 0 Å². The number of benzene rings is 2. The molecule has 0 radical (unpaired) electrons. The van der Waals surface area contributed by atoms with Crippen LogP contribution in [0, 0.1) is 24.2 Å². The molecule has 0 spiro atoms. The Morgan fingerprint density at radius 2 is 1.70 bits per heavy atom. The lowest BCUT2D eigenvalue weighted by atomic mass is 10.0. The van der Waals surface area contributed by atoms with Crippen LogP contribution < -0.4 is 4.72 Å². The molecular weight excluding hydrogens is 308 g/mol. The van der Waals surface area contributed by atoms with Crippen molar-refractivity contribution in [3.63, 3.8) is 0 Å². The minimum absolute atomic E-state index is 0.189. The molecule has 1 aliphatic carbocycles. The zero-order valence-electron chi connectivity index (χ0n) is 12.9. The fourth-order valence-corrected chi connectivity index (χ4v) is 3.88. The maximum atomic E-state index is 12.6. The van der Waals surface area contributed by atoms with Gasteiger partial charge in [-0.25, -0.2) is 13.1 Å². The van der Waals surface area contributed by atoms with Crippen LogP contribution in [0.3, 0.4) is 0 Å². The van der Waals surface area contributed by atoms with Crippen molar-refractivity contribution in [1.82, 2.24) is 4.72 Å². The maximum Gasteiger partial charge on any atom is 0.241 e. The zero-order valence-corrected chi connectivity index (χ0v) is 13.7. The normalized spacial score (nSPS) is 15.8. The van der Waals surface area contributed by atoms with Crippen LogP contribution in [-0.2, 0) is 10.0 Å². The molecule has 0 heterocycles. The van der Waals surface area contributed by atoms with Crippen molar-refractivity contribution in [2.24, 2.45) is 5.92 Å². The molecule has 4 nitrogen and oxygen atoms in total. The highest BCUT2D eigenvalue weighted by Gasteiger charge is 2.35. The van der Waals surface area contributed by atoms with E-state index in [-0.39, 0.29) is 10.9 Å². The second-order valence-electron chi connectivity index (χ2n) is 5.98. The quantitative estimate of drug-likeness (QED) is 0.916. The third-order valence-electron chi connectivity index (χ3n) is 4.11. The summed E-state index contributed by atoms with van der Waals surface area (Å²) in [6.45, 7) is 2.01. The van der Waals surface area contributed by atoms with Gasteiger partial charge in [0.2, 0.25) is 10.0 Å². The second-order valence-corrected chi connectivity index (χ2v) is 7.70. The van der Waals surface area contributed by atoms with Crippen LogP contribution >= 0.6 is 0 Å². The van der Waals surface area contributed by atoms with E-state index in [4.69, 9.17) is 5.26 Å². The van der Waals surface area contributed by atoms with Crippen molar-refractivity contribution in [3.05, 3.63) is 65.2 Å². The standard InChI is InChI=1S/C18H18N2O2S/c1-13-2-6-15(7-3-13)18(16-8-9-16)20-23(21,22)17-10-4-14(12-19)5-11-17/h2-7,10-11,16,18,20H,8-9H2,1H3. The number of hydrogen-bond donors (Lipinski definition) is 1. The van der Waals surface area contributed by atoms with Gasteiger partial charge in [-0.1, -0.05) is 29.8 Å². The molecule has 0 aromatic heterocycles. The highest BCUT2D eigenvalue weighted by atomic mass is 32.2. The van der Waals surface area contributed by atoms with E-state index in [0.29, 0.717) is 11.5 Å². The van der Waals surface area contributed by atoms with Crippen LogP contribution in [0.25, 0.3) is 0 Å². The molecule has 1 fully saturated rings. The molecular formula is C18H18N2O2S. The molecule has 0 amide bonds. The minimum Gasteiger partial charge on any atom is -0.207 e. The number of aryl methyl sites for hydroxylation is 1. The van der Waals surface area contributed by atoms with Crippen molar-refractivity contribution in [2.45, 2.75) is 30.7 Å². The molecule has 1 atom stereocenters. The largest absolute Gasteiger partial charge is 0.241 e. The third kappa shape index (κ3) is 3.61. The number of sulfonamides is 1. The van der Waals surface area contributed by atoms with Crippen LogP contribution in [0.5, 0.6) is 0 Å². The number of rotatable bonds is 5. The van der Waals surface area contributed by atoms with Crippen LogP contribution in [0.4, 0.5) is 0 Å². The molecule has 2 aromatic rings. The summed E-state index contributed by atoms with van der Waals surface area (Å²) in [5.41, 5.74) is 2.59. The van der Waals surface area contributed by atoms with Gasteiger partial charge in [0.1, 0.15) is 0 Å². The van der Waals surface area contributed by atoms with Crippen LogP contribution in [-0.4, -0.2) is 8.42 Å². The van der Waals surface area contributed by atoms with E-state index in [2.05, 4.69) is 4.72 Å². The highest BCUT2D eigenvalue weighted by Crippen LogP contribution is 2.41. The maximum absolute atomic E-state index is 12.6. The lowest BCUT2D eigenvalue weighted by molar-refractivity contribution is 0.529. The van der Waals surface area contributed by atoms with Crippen molar-refractivity contribution >= 4 is 10.0 Å². The van der Waals surface area contributed by atoms with E-state index >= 15 is 0 Å². The predicted molar refractivity (Wildman–Crippen MR) is 88.1 cm³/mol. The molecule has 0 aliphatic heterocycles. The fourth-order valence-electron chi connectivity index (χ4n) is 2.58. The Labute approximate surface area is 136 Å². The van der Waals surface area contributed by atoms with E-state index in [1.54, 1.807) is 0 Å². The van der Waals surface area contributed by atoms with Crippen molar-refractivity contribution < 1.29 is 8.42 Å². The van der Waals surface area contributed by atoms with Gasteiger partial charge in [0, 0.05) is 6.04 Å². The van der Waals surface area contributed by atoms with Crippen molar-refractivity contribution in [1.29, 1.82) is 5.26 Å². The van der Waals surface area contributed by atoms with Crippen LogP contribution in [0.15, 0.2) is 53.4 Å². The summed E-state index contributed by atoms with van der Waals surface area (Å²) in [6, 6.07) is 15.8. The number of nitrogens with one attached hydrogen (secondary N) is 1. The Kier molecular flexibility index (Phi) is 4.20. The Morgan fingerprint density at radius 3 is 2.22 bits per heavy atom. The Morgan fingerprint density at radius 1 is 1.09 bits per heavy atom. The van der Waals surface area contributed by atoms with Gasteiger partial charge in [0.15, 0.2) is 0 Å². The van der Waals surface area contributed by atoms with E-state index in [1.807, 2.05) is 37.3 Å². The fraction of sp³-hybridized carbons (Fsp3) is 0.278. The summed E-state index contributed by atoms with van der Waals surface area (Å²) in [4.78, 5) is 0.189. The average molecular weight is 326 g/mol. The summed E-state index contributed by atoms with van der Waals surface area (Å²) >= 11 is 0. The summed E-state index contributed by atoms with van der Waals surface area (Å²) in [6.07, 6.45) is 2.07. The first-order chi connectivity index (χ1) is 11.0. The van der Waals surface area contributed by atoms with Crippen molar-refractivity contribution in [3.8, 4) is 6.07 Å². The van der Waals surface area contributed by atoms with E-state index < -0.39 is 10.0 Å². The SMILES string of the molecule is Cc1ccc(C(NS(=O)(=O)c2ccc(C#N)cc2)C2CC2)cc1. The molecule has 3 rings (SSSR count).